The maximum Gasteiger partial charge on any atom is 0.227 e. The Bertz CT molecular complexity index is 1400. The van der Waals surface area contributed by atoms with Gasteiger partial charge < -0.3 is 20.6 Å². The fourth-order valence-corrected chi connectivity index (χ4v) is 6.00. The number of hydrogen-bond donors (Lipinski definition) is 3. The normalized spacial score (nSPS) is 19.9. The second-order valence-corrected chi connectivity index (χ2v) is 10.9. The van der Waals surface area contributed by atoms with Crippen LogP contribution in [0.25, 0.3) is 10.2 Å². The van der Waals surface area contributed by atoms with Gasteiger partial charge in [-0.1, -0.05) is 41.7 Å². The third-order valence-electron chi connectivity index (χ3n) is 7.03. The van der Waals surface area contributed by atoms with Crippen molar-refractivity contribution in [2.24, 2.45) is 0 Å². The van der Waals surface area contributed by atoms with E-state index in [4.69, 9.17) is 15.0 Å². The fourth-order valence-electron chi connectivity index (χ4n) is 5.09. The minimum Gasteiger partial charge on any atom is -0.393 e. The molecule has 6 rings (SSSR count). The summed E-state index contributed by atoms with van der Waals surface area (Å²) in [5.74, 6) is 1.46. The van der Waals surface area contributed by atoms with Crippen LogP contribution in [0, 0.1) is 0 Å². The number of rotatable bonds is 7. The van der Waals surface area contributed by atoms with Crippen molar-refractivity contribution in [3.8, 4) is 0 Å². The summed E-state index contributed by atoms with van der Waals surface area (Å²) < 4.78 is 1.03. The lowest BCUT2D eigenvalue weighted by Gasteiger charge is -2.26. The number of nitrogens with zero attached hydrogens (tertiary/aromatic N) is 4. The third kappa shape index (κ3) is 5.57. The first-order valence-electron chi connectivity index (χ1n) is 12.9. The first-order chi connectivity index (χ1) is 18.1. The van der Waals surface area contributed by atoms with Crippen molar-refractivity contribution in [3.05, 3.63) is 65.9 Å². The number of thiazole rings is 1. The Morgan fingerprint density at radius 1 is 1.00 bits per heavy atom. The summed E-state index contributed by atoms with van der Waals surface area (Å²) in [6, 6.07) is 18.5. The van der Waals surface area contributed by atoms with Gasteiger partial charge >= 0.3 is 0 Å². The van der Waals surface area contributed by atoms with Crippen LogP contribution in [0.2, 0.25) is 0 Å². The SMILES string of the molecule is O=C1CCCN1c1ccc2nc(Nc3cc(Cc4ccccc4)nc(NC4CCC(O)CC4)n3)sc2c1. The van der Waals surface area contributed by atoms with Crippen molar-refractivity contribution in [1.29, 1.82) is 0 Å². The number of aliphatic hydroxyl groups is 1. The molecule has 0 unspecified atom stereocenters. The molecule has 1 aliphatic carbocycles. The molecule has 3 N–H and O–H groups in total. The average Bonchev–Trinajstić information content (AvgIpc) is 3.50. The van der Waals surface area contributed by atoms with E-state index in [9.17, 15) is 9.90 Å². The molecular formula is C28H30N6O2S. The van der Waals surface area contributed by atoms with E-state index < -0.39 is 0 Å². The number of nitrogens with one attached hydrogen (secondary N) is 2. The Hall–Kier alpha value is -3.56. The molecule has 190 valence electrons. The van der Waals surface area contributed by atoms with Gasteiger partial charge in [-0.25, -0.2) is 9.97 Å². The number of fused-ring (bicyclic) bond motifs is 1. The van der Waals surface area contributed by atoms with Crippen LogP contribution in [0.4, 0.5) is 22.6 Å². The topological polar surface area (TPSA) is 103 Å². The third-order valence-corrected chi connectivity index (χ3v) is 7.96. The zero-order valence-electron chi connectivity index (χ0n) is 20.6. The van der Waals surface area contributed by atoms with E-state index in [-0.39, 0.29) is 18.1 Å². The molecule has 0 spiro atoms. The Morgan fingerprint density at radius 3 is 2.62 bits per heavy atom. The zero-order chi connectivity index (χ0) is 25.2. The second-order valence-electron chi connectivity index (χ2n) is 9.83. The van der Waals surface area contributed by atoms with Gasteiger partial charge in [0, 0.05) is 37.2 Å². The van der Waals surface area contributed by atoms with Gasteiger partial charge in [0.1, 0.15) is 5.82 Å². The summed E-state index contributed by atoms with van der Waals surface area (Å²) >= 11 is 1.55. The van der Waals surface area contributed by atoms with E-state index in [1.165, 1.54) is 5.56 Å². The molecule has 2 aromatic carbocycles. The molecule has 9 heteroatoms. The van der Waals surface area contributed by atoms with Crippen molar-refractivity contribution in [2.45, 2.75) is 57.1 Å². The van der Waals surface area contributed by atoms with Crippen LogP contribution in [0.3, 0.4) is 0 Å². The first-order valence-corrected chi connectivity index (χ1v) is 13.8. The molecule has 1 amide bonds. The molecule has 0 radical (unpaired) electrons. The molecule has 1 saturated carbocycles. The van der Waals surface area contributed by atoms with Gasteiger partial charge in [-0.15, -0.1) is 0 Å². The molecule has 1 aliphatic heterocycles. The van der Waals surface area contributed by atoms with Crippen LogP contribution < -0.4 is 15.5 Å². The van der Waals surface area contributed by atoms with Gasteiger partial charge in [-0.05, 0) is 55.9 Å². The number of anilines is 4. The van der Waals surface area contributed by atoms with Crippen molar-refractivity contribution < 1.29 is 9.90 Å². The Balaban J connectivity index is 1.26. The average molecular weight is 515 g/mol. The van der Waals surface area contributed by atoms with Gasteiger partial charge in [-0.2, -0.15) is 4.98 Å². The van der Waals surface area contributed by atoms with Crippen LogP contribution in [0.15, 0.2) is 54.6 Å². The summed E-state index contributed by atoms with van der Waals surface area (Å²) in [5, 5.41) is 17.5. The highest BCUT2D eigenvalue weighted by Gasteiger charge is 2.23. The van der Waals surface area contributed by atoms with E-state index in [0.29, 0.717) is 24.6 Å². The monoisotopic (exact) mass is 514 g/mol. The number of aliphatic hydroxyl groups excluding tert-OH is 1. The molecule has 4 aromatic rings. The second kappa shape index (κ2) is 10.4. The Labute approximate surface area is 219 Å². The first kappa shape index (κ1) is 23.8. The van der Waals surface area contributed by atoms with Gasteiger partial charge in [0.15, 0.2) is 5.13 Å². The lowest BCUT2D eigenvalue weighted by molar-refractivity contribution is -0.117. The zero-order valence-corrected chi connectivity index (χ0v) is 21.4. The molecule has 37 heavy (non-hydrogen) atoms. The smallest absolute Gasteiger partial charge is 0.227 e. The van der Waals surface area contributed by atoms with Gasteiger partial charge in [0.2, 0.25) is 11.9 Å². The lowest BCUT2D eigenvalue weighted by atomic mass is 9.93. The number of amides is 1. The fraction of sp³-hybridized carbons (Fsp3) is 0.357. The number of benzene rings is 2. The van der Waals surface area contributed by atoms with Gasteiger partial charge in [0.05, 0.1) is 22.0 Å². The molecule has 1 saturated heterocycles. The quantitative estimate of drug-likeness (QED) is 0.309. The molecule has 2 fully saturated rings. The number of hydrogen-bond acceptors (Lipinski definition) is 8. The predicted molar refractivity (Wildman–Crippen MR) is 148 cm³/mol. The van der Waals surface area contributed by atoms with E-state index in [1.54, 1.807) is 11.3 Å². The van der Waals surface area contributed by atoms with Crippen LogP contribution in [-0.4, -0.2) is 44.7 Å². The standard InChI is InChI=1S/C28H30N6O2S/c35-22-11-8-19(9-12-22)29-27-30-20(15-18-5-2-1-3-6-18)16-25(32-27)33-28-31-23-13-10-21(17-24(23)37-28)34-14-4-7-26(34)36/h1-3,5-6,10,13,16-17,19,22,35H,4,7-9,11-12,14-15H2,(H2,29,30,31,32,33). The van der Waals surface area contributed by atoms with Crippen molar-refractivity contribution in [1.82, 2.24) is 15.0 Å². The van der Waals surface area contributed by atoms with Gasteiger partial charge in [0.25, 0.3) is 0 Å². The Kier molecular flexibility index (Phi) is 6.72. The highest BCUT2D eigenvalue weighted by molar-refractivity contribution is 7.22. The lowest BCUT2D eigenvalue weighted by Crippen LogP contribution is -2.29. The van der Waals surface area contributed by atoms with E-state index in [0.717, 1.165) is 65.4 Å². The van der Waals surface area contributed by atoms with Crippen LogP contribution >= 0.6 is 11.3 Å². The largest absolute Gasteiger partial charge is 0.393 e. The maximum absolute atomic E-state index is 12.2. The highest BCUT2D eigenvalue weighted by atomic mass is 32.1. The minimum atomic E-state index is -0.205. The maximum atomic E-state index is 12.2. The van der Waals surface area contributed by atoms with E-state index >= 15 is 0 Å². The number of carbonyl (C=O) groups excluding carboxylic acids is 1. The van der Waals surface area contributed by atoms with E-state index in [1.807, 2.05) is 47.4 Å². The molecule has 8 nitrogen and oxygen atoms in total. The van der Waals surface area contributed by atoms with Crippen LogP contribution in [0.5, 0.6) is 0 Å². The number of aromatic nitrogens is 3. The van der Waals surface area contributed by atoms with Crippen molar-refractivity contribution in [3.63, 3.8) is 0 Å². The predicted octanol–water partition coefficient (Wildman–Crippen LogP) is 5.26. The van der Waals surface area contributed by atoms with Crippen molar-refractivity contribution in [2.75, 3.05) is 22.1 Å². The van der Waals surface area contributed by atoms with Crippen LogP contribution in [-0.2, 0) is 11.2 Å². The van der Waals surface area contributed by atoms with Crippen molar-refractivity contribution >= 4 is 50.0 Å². The summed E-state index contributed by atoms with van der Waals surface area (Å²) in [4.78, 5) is 28.4. The van der Waals surface area contributed by atoms with Gasteiger partial charge in [-0.3, -0.25) is 4.79 Å². The Morgan fingerprint density at radius 2 is 1.84 bits per heavy atom. The molecule has 2 aliphatic rings. The minimum absolute atomic E-state index is 0.182. The summed E-state index contributed by atoms with van der Waals surface area (Å²) in [6.07, 6.45) is 5.40. The molecular weight excluding hydrogens is 484 g/mol. The molecule has 3 heterocycles. The summed E-state index contributed by atoms with van der Waals surface area (Å²) in [6.45, 7) is 0.773. The molecule has 2 aromatic heterocycles. The molecule has 0 bridgehead atoms. The number of carbonyl (C=O) groups is 1. The molecule has 0 atom stereocenters. The summed E-state index contributed by atoms with van der Waals surface area (Å²) in [5.41, 5.74) is 3.92. The van der Waals surface area contributed by atoms with Crippen LogP contribution in [0.1, 0.15) is 49.8 Å². The highest BCUT2D eigenvalue weighted by Crippen LogP contribution is 2.33. The van der Waals surface area contributed by atoms with E-state index in [2.05, 4.69) is 22.8 Å². The summed E-state index contributed by atoms with van der Waals surface area (Å²) in [7, 11) is 0.